The monoisotopic (exact) mass is 279 g/mol. The van der Waals surface area contributed by atoms with Crippen molar-refractivity contribution in [2.75, 3.05) is 7.11 Å². The third kappa shape index (κ3) is 2.95. The van der Waals surface area contributed by atoms with Gasteiger partial charge in [0.1, 0.15) is 11.6 Å². The highest BCUT2D eigenvalue weighted by molar-refractivity contribution is 5.94. The molecule has 0 aliphatic carbocycles. The summed E-state index contributed by atoms with van der Waals surface area (Å²) in [6, 6.07) is 10.6. The van der Waals surface area contributed by atoms with E-state index in [1.54, 1.807) is 13.2 Å². The molecule has 0 aliphatic heterocycles. The zero-order valence-corrected chi connectivity index (χ0v) is 11.1. The van der Waals surface area contributed by atoms with E-state index in [9.17, 15) is 4.79 Å². The van der Waals surface area contributed by atoms with Gasteiger partial charge >= 0.3 is 0 Å². The van der Waals surface area contributed by atoms with Crippen LogP contribution in [0.1, 0.15) is 5.56 Å². The maximum atomic E-state index is 11.7. The van der Waals surface area contributed by atoms with Gasteiger partial charge in [-0.15, -0.1) is 12.4 Å². The summed E-state index contributed by atoms with van der Waals surface area (Å²) in [5.41, 5.74) is 6.49. The second kappa shape index (κ2) is 6.06. The largest absolute Gasteiger partial charge is 0.496 e. The number of benzene rings is 1. The fraction of sp³-hybridized carbons (Fsp3) is 0.0769. The first kappa shape index (κ1) is 14.8. The van der Waals surface area contributed by atoms with Crippen molar-refractivity contribution in [2.45, 2.75) is 0 Å². The number of halogens is 1. The lowest BCUT2D eigenvalue weighted by molar-refractivity contribution is 0.416. The number of para-hydroxylation sites is 1. The van der Waals surface area contributed by atoms with Crippen molar-refractivity contribution in [3.8, 4) is 17.0 Å². The van der Waals surface area contributed by atoms with Crippen molar-refractivity contribution < 1.29 is 4.74 Å². The van der Waals surface area contributed by atoms with Crippen LogP contribution < -0.4 is 16.0 Å². The van der Waals surface area contributed by atoms with E-state index >= 15 is 0 Å². The Kier molecular flexibility index (Phi) is 4.72. The first-order valence-electron chi connectivity index (χ1n) is 5.34. The second-order valence-electron chi connectivity index (χ2n) is 3.73. The molecule has 0 saturated heterocycles. The van der Waals surface area contributed by atoms with Gasteiger partial charge in [-0.25, -0.2) is 0 Å². The van der Waals surface area contributed by atoms with Crippen LogP contribution >= 0.6 is 12.4 Å². The highest BCUT2D eigenvalue weighted by Crippen LogP contribution is 2.27. The number of nitrogens with one attached hydrogen (secondary N) is 2. The highest BCUT2D eigenvalue weighted by Gasteiger charge is 2.08. The van der Waals surface area contributed by atoms with Crippen molar-refractivity contribution in [3.05, 3.63) is 52.3 Å². The number of methoxy groups -OCH3 is 1. The molecule has 0 radical (unpaired) electrons. The molecule has 0 unspecified atom stereocenters. The predicted octanol–water partition coefficient (Wildman–Crippen LogP) is 1.76. The van der Waals surface area contributed by atoms with Gasteiger partial charge in [-0.2, -0.15) is 0 Å². The molecular weight excluding hydrogens is 266 g/mol. The summed E-state index contributed by atoms with van der Waals surface area (Å²) in [6.07, 6.45) is 0. The van der Waals surface area contributed by atoms with Crippen LogP contribution in [-0.4, -0.2) is 17.9 Å². The highest BCUT2D eigenvalue weighted by atomic mass is 35.5. The van der Waals surface area contributed by atoms with Crippen LogP contribution in [0.25, 0.3) is 11.3 Å². The Morgan fingerprint density at radius 2 is 1.95 bits per heavy atom. The van der Waals surface area contributed by atoms with Crippen LogP contribution in [-0.2, 0) is 0 Å². The fourth-order valence-electron chi connectivity index (χ4n) is 1.71. The molecular formula is C13H14ClN3O2. The number of amidine groups is 1. The maximum absolute atomic E-state index is 11.7. The van der Waals surface area contributed by atoms with Crippen molar-refractivity contribution >= 4 is 18.2 Å². The number of nitrogen functional groups attached to an aromatic ring is 1. The summed E-state index contributed by atoms with van der Waals surface area (Å²) in [4.78, 5) is 14.4. The fourth-order valence-corrected chi connectivity index (χ4v) is 1.71. The average Bonchev–Trinajstić information content (AvgIpc) is 2.38. The minimum atomic E-state index is -0.383. The van der Waals surface area contributed by atoms with E-state index in [1.807, 2.05) is 24.3 Å². The van der Waals surface area contributed by atoms with Crippen LogP contribution in [0.5, 0.6) is 5.75 Å². The Morgan fingerprint density at radius 1 is 1.26 bits per heavy atom. The number of hydrogen-bond acceptors (Lipinski definition) is 3. The van der Waals surface area contributed by atoms with Gasteiger partial charge < -0.3 is 15.5 Å². The second-order valence-corrected chi connectivity index (χ2v) is 3.73. The van der Waals surface area contributed by atoms with E-state index in [4.69, 9.17) is 15.9 Å². The van der Waals surface area contributed by atoms with Crippen LogP contribution in [0.3, 0.4) is 0 Å². The summed E-state index contributed by atoms with van der Waals surface area (Å²) < 4.78 is 5.23. The molecule has 0 atom stereocenters. The van der Waals surface area contributed by atoms with Crippen molar-refractivity contribution in [2.24, 2.45) is 5.73 Å². The number of aromatic amines is 1. The molecule has 1 aromatic carbocycles. The lowest BCUT2D eigenvalue weighted by Crippen LogP contribution is -2.23. The first-order chi connectivity index (χ1) is 8.63. The van der Waals surface area contributed by atoms with Gasteiger partial charge in [-0.1, -0.05) is 12.1 Å². The normalized spacial score (nSPS) is 9.53. The predicted molar refractivity (Wildman–Crippen MR) is 77.3 cm³/mol. The van der Waals surface area contributed by atoms with Crippen LogP contribution in [0.2, 0.25) is 0 Å². The third-order valence-corrected chi connectivity index (χ3v) is 2.60. The molecule has 4 N–H and O–H groups in total. The number of hydrogen-bond donors (Lipinski definition) is 3. The summed E-state index contributed by atoms with van der Waals surface area (Å²) in [5.74, 6) is 0.423. The lowest BCUT2D eigenvalue weighted by Gasteiger charge is -2.08. The molecule has 1 heterocycles. The Labute approximate surface area is 116 Å². The molecule has 0 bridgehead atoms. The first-order valence-corrected chi connectivity index (χ1v) is 5.34. The minimum absolute atomic E-state index is 0. The molecule has 0 amide bonds. The van der Waals surface area contributed by atoms with Crippen molar-refractivity contribution in [1.29, 1.82) is 5.41 Å². The molecule has 6 heteroatoms. The van der Waals surface area contributed by atoms with Gasteiger partial charge in [-0.3, -0.25) is 10.2 Å². The lowest BCUT2D eigenvalue weighted by atomic mass is 10.1. The van der Waals surface area contributed by atoms with Crippen LogP contribution in [0, 0.1) is 5.41 Å². The van der Waals surface area contributed by atoms with Gasteiger partial charge in [0.2, 0.25) is 0 Å². The Balaban J connectivity index is 0.00000180. The maximum Gasteiger partial charge on any atom is 0.259 e. The number of rotatable bonds is 3. The standard InChI is InChI=1S/C13H13N3O2.ClH/c1-18-11-5-3-2-4-8(11)10-7-6-9(12(14)15)13(17)16-10;/h2-7H,1H3,(H3,14,15)(H,16,17);1H. The van der Waals surface area contributed by atoms with Crippen LogP contribution in [0.15, 0.2) is 41.2 Å². The average molecular weight is 280 g/mol. The van der Waals surface area contributed by atoms with E-state index in [-0.39, 0.29) is 29.4 Å². The van der Waals surface area contributed by atoms with E-state index in [2.05, 4.69) is 4.98 Å². The summed E-state index contributed by atoms with van der Waals surface area (Å²) in [5, 5.41) is 7.26. The molecule has 2 rings (SSSR count). The Morgan fingerprint density at radius 3 is 2.53 bits per heavy atom. The van der Waals surface area contributed by atoms with Crippen molar-refractivity contribution in [1.82, 2.24) is 4.98 Å². The van der Waals surface area contributed by atoms with Crippen molar-refractivity contribution in [3.63, 3.8) is 0 Å². The van der Waals surface area contributed by atoms with Gasteiger partial charge in [-0.05, 0) is 24.3 Å². The molecule has 0 aliphatic rings. The summed E-state index contributed by atoms with van der Waals surface area (Å²) >= 11 is 0. The third-order valence-electron chi connectivity index (χ3n) is 2.60. The van der Waals surface area contributed by atoms with E-state index < -0.39 is 0 Å². The number of nitrogens with two attached hydrogens (primary N) is 1. The molecule has 1 aromatic heterocycles. The molecule has 19 heavy (non-hydrogen) atoms. The van der Waals surface area contributed by atoms with Gasteiger partial charge in [0, 0.05) is 5.56 Å². The minimum Gasteiger partial charge on any atom is -0.496 e. The molecule has 0 spiro atoms. The van der Waals surface area contributed by atoms with E-state index in [1.165, 1.54) is 6.07 Å². The van der Waals surface area contributed by atoms with E-state index in [0.717, 1.165) is 5.56 Å². The number of H-pyrrole nitrogens is 1. The molecule has 0 fully saturated rings. The van der Waals surface area contributed by atoms with Crippen LogP contribution in [0.4, 0.5) is 0 Å². The number of ether oxygens (including phenoxy) is 1. The number of aromatic nitrogens is 1. The Bertz CT molecular complexity index is 652. The zero-order chi connectivity index (χ0) is 13.1. The summed E-state index contributed by atoms with van der Waals surface area (Å²) in [7, 11) is 1.57. The van der Waals surface area contributed by atoms with Gasteiger partial charge in [0.05, 0.1) is 18.4 Å². The summed E-state index contributed by atoms with van der Waals surface area (Å²) in [6.45, 7) is 0. The van der Waals surface area contributed by atoms with Gasteiger partial charge in [0.15, 0.2) is 0 Å². The zero-order valence-electron chi connectivity index (χ0n) is 10.3. The van der Waals surface area contributed by atoms with E-state index in [0.29, 0.717) is 11.4 Å². The smallest absolute Gasteiger partial charge is 0.259 e. The SMILES string of the molecule is COc1ccccc1-c1ccc(C(=N)N)c(=O)[nH]1.Cl. The molecule has 0 saturated carbocycles. The quantitative estimate of drug-likeness (QED) is 0.590. The van der Waals surface area contributed by atoms with Gasteiger partial charge in [0.25, 0.3) is 5.56 Å². The Hall–Kier alpha value is -2.27. The topological polar surface area (TPSA) is 92.0 Å². The molecule has 2 aromatic rings. The molecule has 100 valence electrons. The number of pyridine rings is 1. The molecule has 5 nitrogen and oxygen atoms in total.